The monoisotopic (exact) mass is 321 g/mol. The number of aryl methyl sites for hydroxylation is 3. The van der Waals surface area contributed by atoms with Gasteiger partial charge in [0.05, 0.1) is 22.3 Å². The second kappa shape index (κ2) is 5.92. The zero-order chi connectivity index (χ0) is 16.6. The number of carbonyl (C=O) groups is 2. The summed E-state index contributed by atoms with van der Waals surface area (Å²) in [7, 11) is 0. The Balaban J connectivity index is 2.26. The van der Waals surface area contributed by atoms with Crippen molar-refractivity contribution in [2.75, 3.05) is 0 Å². The van der Waals surface area contributed by atoms with E-state index in [1.165, 1.54) is 0 Å². The molecule has 1 amide bonds. The Hall–Kier alpha value is -2.15. The lowest BCUT2D eigenvalue weighted by Gasteiger charge is -2.13. The molecule has 0 radical (unpaired) electrons. The van der Waals surface area contributed by atoms with Crippen LogP contribution in [0.25, 0.3) is 0 Å². The first-order chi connectivity index (χ1) is 10.2. The van der Waals surface area contributed by atoms with Crippen molar-refractivity contribution in [3.05, 3.63) is 38.1 Å². The predicted octanol–water partition coefficient (Wildman–Crippen LogP) is 2.89. The Morgan fingerprint density at radius 2 is 1.91 bits per heavy atom. The maximum Gasteiger partial charge on any atom is 0.352 e. The third-order valence-electron chi connectivity index (χ3n) is 3.58. The largest absolute Gasteiger partial charge is 0.477 e. The van der Waals surface area contributed by atoms with Crippen LogP contribution in [-0.2, 0) is 0 Å². The topological polar surface area (TPSA) is 95.1 Å². The van der Waals surface area contributed by atoms with Crippen molar-refractivity contribution in [2.45, 2.75) is 40.7 Å². The summed E-state index contributed by atoms with van der Waals surface area (Å²) in [5.41, 5.74) is 2.27. The lowest BCUT2D eigenvalue weighted by Crippen LogP contribution is -2.28. The summed E-state index contributed by atoms with van der Waals surface area (Å²) < 4.78 is 0. The lowest BCUT2D eigenvalue weighted by molar-refractivity contribution is 0.0690. The molecule has 0 saturated carbocycles. The number of rotatable bonds is 4. The zero-order valence-corrected chi connectivity index (χ0v) is 14.0. The van der Waals surface area contributed by atoms with Crippen LogP contribution >= 0.6 is 11.3 Å². The van der Waals surface area contributed by atoms with Crippen molar-refractivity contribution < 1.29 is 14.7 Å². The van der Waals surface area contributed by atoms with Gasteiger partial charge in [-0.2, -0.15) is 0 Å². The Bertz CT molecular complexity index is 746. The highest BCUT2D eigenvalue weighted by Crippen LogP contribution is 2.24. The van der Waals surface area contributed by atoms with Crippen molar-refractivity contribution in [1.29, 1.82) is 0 Å². The molecule has 1 unspecified atom stereocenters. The van der Waals surface area contributed by atoms with E-state index in [4.69, 9.17) is 5.11 Å². The van der Waals surface area contributed by atoms with Gasteiger partial charge >= 0.3 is 5.97 Å². The number of amides is 1. The summed E-state index contributed by atoms with van der Waals surface area (Å²) in [5, 5.41) is 13.0. The molecule has 2 heterocycles. The predicted molar refractivity (Wildman–Crippen MR) is 84.7 cm³/mol. The summed E-state index contributed by atoms with van der Waals surface area (Å²) in [6.07, 6.45) is 0. The minimum Gasteiger partial charge on any atom is -0.477 e. The Morgan fingerprint density at radius 3 is 2.36 bits per heavy atom. The third kappa shape index (κ3) is 2.89. The first-order valence-corrected chi connectivity index (χ1v) is 7.71. The standard InChI is InChI=1S/C15H19N3O3S/c1-6-11(7(2)16-12(6)15(20)21)14(19)17-8(3)13-9(4)22-10(5)18-13/h8,16H,1-5H3,(H,17,19)(H,20,21). The fourth-order valence-corrected chi connectivity index (χ4v) is 3.50. The molecule has 118 valence electrons. The molecule has 0 aliphatic carbocycles. The van der Waals surface area contributed by atoms with Gasteiger partial charge < -0.3 is 15.4 Å². The van der Waals surface area contributed by atoms with Crippen molar-refractivity contribution in [3.8, 4) is 0 Å². The van der Waals surface area contributed by atoms with Crippen LogP contribution in [0.15, 0.2) is 0 Å². The lowest BCUT2D eigenvalue weighted by atomic mass is 10.1. The van der Waals surface area contributed by atoms with E-state index in [1.54, 1.807) is 25.2 Å². The molecule has 0 bridgehead atoms. The van der Waals surface area contributed by atoms with Gasteiger partial charge in [0.25, 0.3) is 5.91 Å². The molecule has 0 fully saturated rings. The summed E-state index contributed by atoms with van der Waals surface area (Å²) in [6, 6.07) is -0.237. The van der Waals surface area contributed by atoms with E-state index in [0.29, 0.717) is 16.8 Å². The van der Waals surface area contributed by atoms with Crippen LogP contribution in [0.5, 0.6) is 0 Å². The molecule has 7 heteroatoms. The Morgan fingerprint density at radius 1 is 1.27 bits per heavy atom. The highest BCUT2D eigenvalue weighted by molar-refractivity contribution is 7.11. The van der Waals surface area contributed by atoms with Crippen LogP contribution in [0.3, 0.4) is 0 Å². The zero-order valence-electron chi connectivity index (χ0n) is 13.2. The normalized spacial score (nSPS) is 12.2. The number of aromatic carboxylic acids is 1. The molecule has 1 atom stereocenters. The highest BCUT2D eigenvalue weighted by atomic mass is 32.1. The molecular weight excluding hydrogens is 302 g/mol. The third-order valence-corrected chi connectivity index (χ3v) is 4.48. The quantitative estimate of drug-likeness (QED) is 0.807. The van der Waals surface area contributed by atoms with Gasteiger partial charge in [-0.15, -0.1) is 11.3 Å². The number of aromatic nitrogens is 2. The summed E-state index contributed by atoms with van der Waals surface area (Å²) in [4.78, 5) is 31.9. The van der Waals surface area contributed by atoms with Crippen molar-refractivity contribution in [1.82, 2.24) is 15.3 Å². The van der Waals surface area contributed by atoms with E-state index in [1.807, 2.05) is 20.8 Å². The molecule has 2 rings (SSSR count). The molecule has 2 aromatic rings. The van der Waals surface area contributed by atoms with Gasteiger partial charge in [0, 0.05) is 10.6 Å². The maximum atomic E-state index is 12.5. The maximum absolute atomic E-state index is 12.5. The number of nitrogens with zero attached hydrogens (tertiary/aromatic N) is 1. The number of carbonyl (C=O) groups excluding carboxylic acids is 1. The smallest absolute Gasteiger partial charge is 0.352 e. The number of carboxylic acid groups (broad SMARTS) is 1. The van der Waals surface area contributed by atoms with Crippen LogP contribution in [0, 0.1) is 27.7 Å². The molecule has 2 aromatic heterocycles. The number of H-pyrrole nitrogens is 1. The summed E-state index contributed by atoms with van der Waals surface area (Å²) >= 11 is 1.59. The first kappa shape index (κ1) is 16.2. The number of thiazole rings is 1. The van der Waals surface area contributed by atoms with Crippen LogP contribution in [0.2, 0.25) is 0 Å². The van der Waals surface area contributed by atoms with Gasteiger partial charge in [0.1, 0.15) is 5.69 Å². The Kier molecular flexibility index (Phi) is 4.37. The molecule has 3 N–H and O–H groups in total. The van der Waals surface area contributed by atoms with Crippen LogP contribution in [0.4, 0.5) is 0 Å². The average Bonchev–Trinajstić information content (AvgIpc) is 2.89. The molecule has 0 aromatic carbocycles. The Labute approximate surface area is 132 Å². The van der Waals surface area contributed by atoms with Gasteiger partial charge in [-0.25, -0.2) is 9.78 Å². The molecule has 22 heavy (non-hydrogen) atoms. The van der Waals surface area contributed by atoms with Crippen molar-refractivity contribution in [3.63, 3.8) is 0 Å². The number of hydrogen-bond donors (Lipinski definition) is 3. The number of aromatic amines is 1. The van der Waals surface area contributed by atoms with E-state index in [9.17, 15) is 9.59 Å². The van der Waals surface area contributed by atoms with Crippen LogP contribution in [-0.4, -0.2) is 27.0 Å². The van der Waals surface area contributed by atoms with Gasteiger partial charge in [0.15, 0.2) is 0 Å². The van der Waals surface area contributed by atoms with E-state index in [0.717, 1.165) is 15.6 Å². The van der Waals surface area contributed by atoms with Crippen LogP contribution in [0.1, 0.15) is 60.6 Å². The molecule has 0 saturated heterocycles. The molecule has 0 aliphatic rings. The number of nitrogens with one attached hydrogen (secondary N) is 2. The van der Waals surface area contributed by atoms with Crippen LogP contribution < -0.4 is 5.32 Å². The van der Waals surface area contributed by atoms with Gasteiger partial charge in [0.2, 0.25) is 0 Å². The molecule has 0 spiro atoms. The number of carboxylic acids is 1. The second-order valence-electron chi connectivity index (χ2n) is 5.30. The SMILES string of the molecule is Cc1nc(C(C)NC(=O)c2c(C)[nH]c(C(=O)O)c2C)c(C)s1. The average molecular weight is 321 g/mol. The second-order valence-corrected chi connectivity index (χ2v) is 6.71. The summed E-state index contributed by atoms with van der Waals surface area (Å²) in [6.45, 7) is 9.09. The fraction of sp³-hybridized carbons (Fsp3) is 0.400. The fourth-order valence-electron chi connectivity index (χ4n) is 2.59. The minimum atomic E-state index is -1.07. The summed E-state index contributed by atoms with van der Waals surface area (Å²) in [5.74, 6) is -1.37. The van der Waals surface area contributed by atoms with Gasteiger partial charge in [-0.3, -0.25) is 4.79 Å². The van der Waals surface area contributed by atoms with E-state index in [2.05, 4.69) is 15.3 Å². The molecule has 6 nitrogen and oxygen atoms in total. The van der Waals surface area contributed by atoms with Gasteiger partial charge in [-0.1, -0.05) is 0 Å². The molecular formula is C15H19N3O3S. The van der Waals surface area contributed by atoms with E-state index < -0.39 is 5.97 Å². The number of hydrogen-bond acceptors (Lipinski definition) is 4. The van der Waals surface area contributed by atoms with Gasteiger partial charge in [-0.05, 0) is 40.2 Å². The van der Waals surface area contributed by atoms with E-state index >= 15 is 0 Å². The molecule has 0 aliphatic heterocycles. The highest BCUT2D eigenvalue weighted by Gasteiger charge is 2.23. The van der Waals surface area contributed by atoms with Crippen molar-refractivity contribution >= 4 is 23.2 Å². The minimum absolute atomic E-state index is 0.0518. The van der Waals surface area contributed by atoms with E-state index in [-0.39, 0.29) is 17.6 Å². The van der Waals surface area contributed by atoms with Crippen molar-refractivity contribution in [2.24, 2.45) is 0 Å². The first-order valence-electron chi connectivity index (χ1n) is 6.89.